The molecule has 0 amide bonds. The van der Waals surface area contributed by atoms with E-state index >= 15 is 0 Å². The Hall–Kier alpha value is -1.06. The van der Waals surface area contributed by atoms with Gasteiger partial charge in [-0.05, 0) is 24.6 Å². The molecule has 0 spiro atoms. The van der Waals surface area contributed by atoms with E-state index < -0.39 is 5.60 Å². The van der Waals surface area contributed by atoms with Gasteiger partial charge in [-0.15, -0.1) is 0 Å². The summed E-state index contributed by atoms with van der Waals surface area (Å²) in [5.74, 6) is 0.212. The Morgan fingerprint density at radius 3 is 2.64 bits per heavy atom. The molecule has 3 heteroatoms. The SMILES string of the molecule is COC(C)(CCO)c1cccc(O)c1. The van der Waals surface area contributed by atoms with Crippen LogP contribution in [-0.4, -0.2) is 23.9 Å². The number of rotatable bonds is 4. The van der Waals surface area contributed by atoms with Gasteiger partial charge in [0, 0.05) is 20.1 Å². The molecule has 1 unspecified atom stereocenters. The zero-order valence-electron chi connectivity index (χ0n) is 8.53. The Kier molecular flexibility index (Phi) is 3.49. The van der Waals surface area contributed by atoms with Gasteiger partial charge in [0.25, 0.3) is 0 Å². The van der Waals surface area contributed by atoms with Gasteiger partial charge in [-0.1, -0.05) is 12.1 Å². The molecule has 78 valence electrons. The first kappa shape index (κ1) is 11.0. The van der Waals surface area contributed by atoms with Crippen LogP contribution in [0.4, 0.5) is 0 Å². The summed E-state index contributed by atoms with van der Waals surface area (Å²) in [6.45, 7) is 1.94. The van der Waals surface area contributed by atoms with Crippen molar-refractivity contribution >= 4 is 0 Å². The number of hydrogen-bond donors (Lipinski definition) is 2. The quantitative estimate of drug-likeness (QED) is 0.769. The van der Waals surface area contributed by atoms with E-state index in [0.717, 1.165) is 5.56 Å². The average Bonchev–Trinajstić information content (AvgIpc) is 2.18. The number of methoxy groups -OCH3 is 1. The summed E-state index contributed by atoms with van der Waals surface area (Å²) >= 11 is 0. The third-order valence-electron chi connectivity index (χ3n) is 2.50. The van der Waals surface area contributed by atoms with Crippen LogP contribution in [0.1, 0.15) is 18.9 Å². The van der Waals surface area contributed by atoms with Gasteiger partial charge in [0.05, 0.1) is 5.60 Å². The first-order valence-corrected chi connectivity index (χ1v) is 4.58. The van der Waals surface area contributed by atoms with Crippen molar-refractivity contribution in [1.29, 1.82) is 0 Å². The zero-order valence-corrected chi connectivity index (χ0v) is 8.53. The summed E-state index contributed by atoms with van der Waals surface area (Å²) in [5.41, 5.74) is 0.335. The molecule has 1 aromatic rings. The van der Waals surface area contributed by atoms with Crippen LogP contribution in [-0.2, 0) is 10.3 Å². The summed E-state index contributed by atoms with van der Waals surface area (Å²) in [5, 5.41) is 18.2. The van der Waals surface area contributed by atoms with Gasteiger partial charge in [0.15, 0.2) is 0 Å². The van der Waals surface area contributed by atoms with Crippen molar-refractivity contribution in [2.75, 3.05) is 13.7 Å². The number of hydrogen-bond acceptors (Lipinski definition) is 3. The summed E-state index contributed by atoms with van der Waals surface area (Å²) in [4.78, 5) is 0. The molecule has 1 atom stereocenters. The standard InChI is InChI=1S/C11H16O3/c1-11(14-2,6-7-12)9-4-3-5-10(13)8-9/h3-5,8,12-13H,6-7H2,1-2H3. The molecule has 0 saturated carbocycles. The smallest absolute Gasteiger partial charge is 0.115 e. The minimum atomic E-state index is -0.534. The molecule has 0 fully saturated rings. The maximum Gasteiger partial charge on any atom is 0.115 e. The average molecular weight is 196 g/mol. The van der Waals surface area contributed by atoms with Gasteiger partial charge in [0.2, 0.25) is 0 Å². The molecular formula is C11H16O3. The van der Waals surface area contributed by atoms with Crippen LogP contribution in [0, 0.1) is 0 Å². The van der Waals surface area contributed by atoms with Crippen molar-refractivity contribution in [3.63, 3.8) is 0 Å². The Morgan fingerprint density at radius 1 is 1.43 bits per heavy atom. The van der Waals surface area contributed by atoms with Gasteiger partial charge in [0.1, 0.15) is 5.75 Å². The number of aliphatic hydroxyl groups excluding tert-OH is 1. The van der Waals surface area contributed by atoms with Crippen LogP contribution in [0.3, 0.4) is 0 Å². The number of phenols is 1. The first-order chi connectivity index (χ1) is 6.62. The van der Waals surface area contributed by atoms with E-state index in [2.05, 4.69) is 0 Å². The molecule has 0 aliphatic heterocycles. The lowest BCUT2D eigenvalue weighted by atomic mass is 9.92. The van der Waals surface area contributed by atoms with E-state index in [0.29, 0.717) is 6.42 Å². The summed E-state index contributed by atoms with van der Waals surface area (Å²) in [6.07, 6.45) is 0.507. The fourth-order valence-electron chi connectivity index (χ4n) is 1.41. The molecule has 0 heterocycles. The van der Waals surface area contributed by atoms with E-state index in [1.54, 1.807) is 25.3 Å². The Labute approximate surface area is 84.0 Å². The van der Waals surface area contributed by atoms with Gasteiger partial charge in [-0.25, -0.2) is 0 Å². The predicted molar refractivity (Wildman–Crippen MR) is 54.2 cm³/mol. The second kappa shape index (κ2) is 4.44. The number of ether oxygens (including phenoxy) is 1. The van der Waals surface area contributed by atoms with Crippen molar-refractivity contribution in [1.82, 2.24) is 0 Å². The molecule has 0 aliphatic rings. The van der Waals surface area contributed by atoms with E-state index in [9.17, 15) is 5.11 Å². The maximum absolute atomic E-state index is 9.32. The van der Waals surface area contributed by atoms with E-state index in [1.807, 2.05) is 13.0 Å². The highest BCUT2D eigenvalue weighted by atomic mass is 16.5. The van der Waals surface area contributed by atoms with Gasteiger partial charge in [-0.2, -0.15) is 0 Å². The highest BCUT2D eigenvalue weighted by Gasteiger charge is 2.25. The topological polar surface area (TPSA) is 49.7 Å². The summed E-state index contributed by atoms with van der Waals surface area (Å²) in [6, 6.07) is 6.90. The predicted octanol–water partition coefficient (Wildman–Crippen LogP) is 1.64. The largest absolute Gasteiger partial charge is 0.508 e. The molecule has 1 rings (SSSR count). The molecule has 2 N–H and O–H groups in total. The fourth-order valence-corrected chi connectivity index (χ4v) is 1.41. The fraction of sp³-hybridized carbons (Fsp3) is 0.455. The number of benzene rings is 1. The van der Waals surface area contributed by atoms with Gasteiger partial charge in [-0.3, -0.25) is 0 Å². The lowest BCUT2D eigenvalue weighted by molar-refractivity contribution is -0.0174. The van der Waals surface area contributed by atoms with E-state index in [-0.39, 0.29) is 12.4 Å². The highest BCUT2D eigenvalue weighted by Crippen LogP contribution is 2.29. The summed E-state index contributed by atoms with van der Waals surface area (Å²) < 4.78 is 5.35. The van der Waals surface area contributed by atoms with Crippen LogP contribution in [0.15, 0.2) is 24.3 Å². The lowest BCUT2D eigenvalue weighted by Crippen LogP contribution is -2.25. The highest BCUT2D eigenvalue weighted by molar-refractivity contribution is 5.31. The minimum absolute atomic E-state index is 0.0556. The third-order valence-corrected chi connectivity index (χ3v) is 2.50. The Bertz CT molecular complexity index is 298. The minimum Gasteiger partial charge on any atom is -0.508 e. The normalized spacial score (nSPS) is 15.1. The molecule has 0 aromatic heterocycles. The van der Waals surface area contributed by atoms with Crippen molar-refractivity contribution in [3.05, 3.63) is 29.8 Å². The molecular weight excluding hydrogens is 180 g/mol. The van der Waals surface area contributed by atoms with Gasteiger partial charge < -0.3 is 14.9 Å². The van der Waals surface area contributed by atoms with Crippen LogP contribution in [0.25, 0.3) is 0 Å². The summed E-state index contributed by atoms with van der Waals surface area (Å²) in [7, 11) is 1.60. The van der Waals surface area contributed by atoms with Crippen molar-refractivity contribution in [3.8, 4) is 5.75 Å². The molecule has 0 aliphatic carbocycles. The first-order valence-electron chi connectivity index (χ1n) is 4.58. The van der Waals surface area contributed by atoms with Crippen molar-refractivity contribution < 1.29 is 14.9 Å². The third kappa shape index (κ3) is 2.25. The number of aromatic hydroxyl groups is 1. The second-order valence-electron chi connectivity index (χ2n) is 3.46. The van der Waals surface area contributed by atoms with Crippen molar-refractivity contribution in [2.24, 2.45) is 0 Å². The Morgan fingerprint density at radius 2 is 2.14 bits per heavy atom. The number of phenolic OH excluding ortho intramolecular Hbond substituents is 1. The molecule has 1 aromatic carbocycles. The molecule has 0 saturated heterocycles. The van der Waals surface area contributed by atoms with Gasteiger partial charge >= 0.3 is 0 Å². The van der Waals surface area contributed by atoms with Crippen LogP contribution in [0.5, 0.6) is 5.75 Å². The molecule has 14 heavy (non-hydrogen) atoms. The molecule has 0 radical (unpaired) electrons. The lowest BCUT2D eigenvalue weighted by Gasteiger charge is -2.28. The van der Waals surface area contributed by atoms with Crippen molar-refractivity contribution in [2.45, 2.75) is 18.9 Å². The van der Waals surface area contributed by atoms with E-state index in [4.69, 9.17) is 9.84 Å². The van der Waals surface area contributed by atoms with Crippen LogP contribution < -0.4 is 0 Å². The monoisotopic (exact) mass is 196 g/mol. The number of aliphatic hydroxyl groups is 1. The Balaban J connectivity index is 2.99. The molecule has 0 bridgehead atoms. The van der Waals surface area contributed by atoms with E-state index in [1.165, 1.54) is 0 Å². The maximum atomic E-state index is 9.32. The van der Waals surface area contributed by atoms with Crippen LogP contribution >= 0.6 is 0 Å². The second-order valence-corrected chi connectivity index (χ2v) is 3.46. The molecule has 3 nitrogen and oxygen atoms in total. The zero-order chi connectivity index (χ0) is 10.6. The van der Waals surface area contributed by atoms with Crippen LogP contribution in [0.2, 0.25) is 0 Å².